The number of benzene rings is 1. The molecule has 14 heteroatoms. The van der Waals surface area contributed by atoms with Gasteiger partial charge in [-0.15, -0.1) is 0 Å². The van der Waals surface area contributed by atoms with E-state index >= 15 is 0 Å². The molecule has 0 spiro atoms. The zero-order chi connectivity index (χ0) is 27.2. The minimum absolute atomic E-state index is 0.0216. The number of amides is 3. The number of nitrogens with zero attached hydrogens (tertiary/aromatic N) is 4. The van der Waals surface area contributed by atoms with Crippen molar-refractivity contribution >= 4 is 25.5 Å². The van der Waals surface area contributed by atoms with Gasteiger partial charge in [0.05, 0.1) is 12.3 Å². The molecule has 1 saturated heterocycles. The lowest BCUT2D eigenvalue weighted by atomic mass is 10.1. The van der Waals surface area contributed by atoms with Crippen LogP contribution in [0, 0.1) is 0 Å². The SMILES string of the molecule is CC(O)CCc1cc(C(=O)N[C@@H](CP(=O)(O)O)C(=O)N2CCN(C(=O)O)CC2)nc(-c2ccccc2)n1. The molecule has 3 amide bonds. The summed E-state index contributed by atoms with van der Waals surface area (Å²) in [6, 6.07) is 8.73. The molecule has 200 valence electrons. The van der Waals surface area contributed by atoms with E-state index in [-0.39, 0.29) is 37.7 Å². The second kappa shape index (κ2) is 12.2. The van der Waals surface area contributed by atoms with Crippen molar-refractivity contribution in [2.75, 3.05) is 32.3 Å². The molecule has 1 aliphatic heterocycles. The molecule has 13 nitrogen and oxygen atoms in total. The van der Waals surface area contributed by atoms with Crippen LogP contribution in [0.25, 0.3) is 11.4 Å². The molecule has 0 aliphatic carbocycles. The second-order valence-corrected chi connectivity index (χ2v) is 10.5. The molecule has 1 aliphatic rings. The first kappa shape index (κ1) is 28.2. The normalized spacial score (nSPS) is 15.7. The number of hydrogen-bond donors (Lipinski definition) is 5. The molecule has 0 saturated carbocycles. The van der Waals surface area contributed by atoms with E-state index in [0.717, 1.165) is 4.90 Å². The number of rotatable bonds is 9. The quantitative estimate of drug-likeness (QED) is 0.283. The lowest BCUT2D eigenvalue weighted by Crippen LogP contribution is -2.56. The fourth-order valence-electron chi connectivity index (χ4n) is 3.81. The summed E-state index contributed by atoms with van der Waals surface area (Å²) in [7, 11) is -4.72. The van der Waals surface area contributed by atoms with Crippen LogP contribution < -0.4 is 5.32 Å². The van der Waals surface area contributed by atoms with Gasteiger partial charge in [0, 0.05) is 37.4 Å². The second-order valence-electron chi connectivity index (χ2n) is 8.79. The van der Waals surface area contributed by atoms with Gasteiger partial charge in [0.2, 0.25) is 5.91 Å². The highest BCUT2D eigenvalue weighted by atomic mass is 31.2. The Morgan fingerprint density at radius 2 is 1.68 bits per heavy atom. The first-order chi connectivity index (χ1) is 17.4. The van der Waals surface area contributed by atoms with Gasteiger partial charge in [0.1, 0.15) is 11.7 Å². The van der Waals surface area contributed by atoms with Gasteiger partial charge in [-0.25, -0.2) is 14.8 Å². The van der Waals surface area contributed by atoms with Crippen LogP contribution in [0.1, 0.15) is 29.5 Å². The number of aromatic nitrogens is 2. The molecule has 1 aromatic heterocycles. The maximum Gasteiger partial charge on any atom is 0.407 e. The first-order valence-electron chi connectivity index (χ1n) is 11.7. The van der Waals surface area contributed by atoms with Crippen LogP contribution in [0.2, 0.25) is 0 Å². The first-order valence-corrected chi connectivity index (χ1v) is 13.5. The Kier molecular flexibility index (Phi) is 9.33. The van der Waals surface area contributed by atoms with Gasteiger partial charge in [-0.3, -0.25) is 14.2 Å². The molecule has 2 aromatic rings. The van der Waals surface area contributed by atoms with Gasteiger partial charge in [-0.05, 0) is 25.8 Å². The van der Waals surface area contributed by atoms with Gasteiger partial charge >= 0.3 is 13.7 Å². The van der Waals surface area contributed by atoms with Gasteiger partial charge in [-0.2, -0.15) is 0 Å². The van der Waals surface area contributed by atoms with Crippen LogP contribution in [0.15, 0.2) is 36.4 Å². The van der Waals surface area contributed by atoms with Crippen molar-refractivity contribution in [1.29, 1.82) is 0 Å². The summed E-state index contributed by atoms with van der Waals surface area (Å²) in [4.78, 5) is 67.7. The minimum atomic E-state index is -4.72. The molecule has 0 bridgehead atoms. The molecule has 1 unspecified atom stereocenters. The average molecular weight is 535 g/mol. The number of aliphatic hydroxyl groups is 1. The summed E-state index contributed by atoms with van der Waals surface area (Å²) in [5.41, 5.74) is 1.01. The van der Waals surface area contributed by atoms with E-state index in [9.17, 15) is 33.8 Å². The van der Waals surface area contributed by atoms with E-state index in [0.29, 0.717) is 24.1 Å². The van der Waals surface area contributed by atoms with Crippen molar-refractivity contribution in [2.24, 2.45) is 0 Å². The Morgan fingerprint density at radius 1 is 1.05 bits per heavy atom. The van der Waals surface area contributed by atoms with Crippen LogP contribution in [0.4, 0.5) is 4.79 Å². The summed E-state index contributed by atoms with van der Waals surface area (Å²) in [6.45, 7) is 1.75. The largest absolute Gasteiger partial charge is 0.465 e. The molecule has 2 atom stereocenters. The number of carbonyl (C=O) groups excluding carboxylic acids is 2. The highest BCUT2D eigenvalue weighted by Gasteiger charge is 2.34. The van der Waals surface area contributed by atoms with Gasteiger partial charge < -0.3 is 35.1 Å². The number of piperazine rings is 1. The smallest absolute Gasteiger partial charge is 0.407 e. The van der Waals surface area contributed by atoms with Crippen molar-refractivity contribution in [3.8, 4) is 11.4 Å². The molecule has 3 rings (SSSR count). The number of nitrogens with one attached hydrogen (secondary N) is 1. The van der Waals surface area contributed by atoms with Crippen molar-refractivity contribution in [3.05, 3.63) is 47.8 Å². The van der Waals surface area contributed by atoms with Crippen molar-refractivity contribution in [2.45, 2.75) is 31.9 Å². The monoisotopic (exact) mass is 535 g/mol. The maximum absolute atomic E-state index is 13.2. The molecule has 0 radical (unpaired) electrons. The van der Waals surface area contributed by atoms with E-state index < -0.39 is 43.8 Å². The van der Waals surface area contributed by atoms with E-state index in [2.05, 4.69) is 15.3 Å². The van der Waals surface area contributed by atoms with E-state index in [1.165, 1.54) is 11.0 Å². The fourth-order valence-corrected chi connectivity index (χ4v) is 4.53. The Balaban J connectivity index is 1.86. The molecule has 37 heavy (non-hydrogen) atoms. The molecule has 2 heterocycles. The van der Waals surface area contributed by atoms with Crippen molar-refractivity contribution in [3.63, 3.8) is 0 Å². The summed E-state index contributed by atoms with van der Waals surface area (Å²) in [6.07, 6.45) is -1.93. The van der Waals surface area contributed by atoms with E-state index in [1.54, 1.807) is 31.2 Å². The predicted octanol–water partition coefficient (Wildman–Crippen LogP) is 0.555. The van der Waals surface area contributed by atoms with Crippen LogP contribution in [0.5, 0.6) is 0 Å². The molecule has 1 aromatic carbocycles. The van der Waals surface area contributed by atoms with E-state index in [1.807, 2.05) is 6.07 Å². The van der Waals surface area contributed by atoms with Crippen LogP contribution in [0.3, 0.4) is 0 Å². The summed E-state index contributed by atoms with van der Waals surface area (Å²) >= 11 is 0. The Hall–Kier alpha value is -3.38. The highest BCUT2D eigenvalue weighted by molar-refractivity contribution is 7.51. The number of hydrogen-bond acceptors (Lipinski definition) is 7. The third-order valence-electron chi connectivity index (χ3n) is 5.75. The van der Waals surface area contributed by atoms with Gasteiger partial charge in [0.25, 0.3) is 5.91 Å². The molecular weight excluding hydrogens is 505 g/mol. The van der Waals surface area contributed by atoms with Crippen molar-refractivity contribution in [1.82, 2.24) is 25.1 Å². The number of carboxylic acid groups (broad SMARTS) is 1. The average Bonchev–Trinajstić information content (AvgIpc) is 2.86. The zero-order valence-corrected chi connectivity index (χ0v) is 21.1. The maximum atomic E-state index is 13.2. The van der Waals surface area contributed by atoms with Gasteiger partial charge in [0.15, 0.2) is 5.82 Å². The third-order valence-corrected chi connectivity index (χ3v) is 6.59. The van der Waals surface area contributed by atoms with Crippen LogP contribution in [-0.2, 0) is 15.8 Å². The lowest BCUT2D eigenvalue weighted by molar-refractivity contribution is -0.134. The topological polar surface area (TPSA) is 193 Å². The molecule has 5 N–H and O–H groups in total. The third kappa shape index (κ3) is 8.32. The summed E-state index contributed by atoms with van der Waals surface area (Å²) < 4.78 is 11.8. The van der Waals surface area contributed by atoms with Crippen molar-refractivity contribution < 1.29 is 38.9 Å². The number of aryl methyl sites for hydroxylation is 1. The Bertz CT molecular complexity index is 1160. The number of carbonyl (C=O) groups is 3. The van der Waals surface area contributed by atoms with E-state index in [4.69, 9.17) is 5.11 Å². The van der Waals surface area contributed by atoms with Crippen LogP contribution in [-0.4, -0.2) is 102 Å². The van der Waals surface area contributed by atoms with Crippen LogP contribution >= 0.6 is 7.60 Å². The number of aliphatic hydroxyl groups excluding tert-OH is 1. The standard InChI is InChI=1S/C23H30N5O8P/c1-15(29)7-8-17-13-18(25-20(24-17)16-5-3-2-4-6-16)21(30)26-19(14-37(34,35)36)22(31)27-9-11-28(12-10-27)23(32)33/h2-6,13,15,19,29H,7-12,14H2,1H3,(H,26,30)(H,32,33)(H2,34,35,36)/t15?,19-/m0/s1. The summed E-state index contributed by atoms with van der Waals surface area (Å²) in [5.74, 6) is -1.31. The lowest BCUT2D eigenvalue weighted by Gasteiger charge is -2.35. The predicted molar refractivity (Wildman–Crippen MR) is 132 cm³/mol. The summed E-state index contributed by atoms with van der Waals surface area (Å²) in [5, 5.41) is 21.2. The minimum Gasteiger partial charge on any atom is -0.465 e. The molecular formula is C23H30N5O8P. The van der Waals surface area contributed by atoms with Gasteiger partial charge in [-0.1, -0.05) is 30.3 Å². The Morgan fingerprint density at radius 3 is 2.24 bits per heavy atom. The Labute approximate surface area is 213 Å². The molecule has 1 fully saturated rings. The highest BCUT2D eigenvalue weighted by Crippen LogP contribution is 2.35. The zero-order valence-electron chi connectivity index (χ0n) is 20.2. The fraction of sp³-hybridized carbons (Fsp3) is 0.435.